The first-order chi connectivity index (χ1) is 23.4. The minimum atomic E-state index is -4.40. The van der Waals surface area contributed by atoms with E-state index in [9.17, 15) is 13.2 Å². The molecule has 5 aromatic carbocycles. The predicted octanol–water partition coefficient (Wildman–Crippen LogP) is 9.28. The minimum Gasteiger partial charge on any atom is -0.383 e. The fraction of sp³-hybridized carbons (Fsp3) is 0.0513. The normalized spacial score (nSPS) is 11.1. The summed E-state index contributed by atoms with van der Waals surface area (Å²) in [7, 11) is 2.12. The summed E-state index contributed by atoms with van der Waals surface area (Å²) < 4.78 is 39.7. The van der Waals surface area contributed by atoms with Crippen LogP contribution in [0.5, 0.6) is 0 Å². The maximum atomic E-state index is 12.5. The molecule has 10 heteroatoms. The van der Waals surface area contributed by atoms with E-state index in [2.05, 4.69) is 104 Å². The number of nitrogens with zero attached hydrogens (tertiary/aromatic N) is 6. The first-order valence-electron chi connectivity index (χ1n) is 15.0. The fourth-order valence-corrected chi connectivity index (χ4v) is 5.52. The van der Waals surface area contributed by atoms with Crippen molar-refractivity contribution in [2.45, 2.75) is 6.18 Å². The van der Waals surface area contributed by atoms with Crippen molar-refractivity contribution < 1.29 is 33.3 Å². The van der Waals surface area contributed by atoms with Crippen LogP contribution >= 0.6 is 0 Å². The van der Waals surface area contributed by atoms with Crippen molar-refractivity contribution >= 4 is 21.8 Å². The molecule has 0 amide bonds. The number of aryl methyl sites for hydroxylation is 1. The molecular weight excluding hydrogens is 802 g/mol. The van der Waals surface area contributed by atoms with Gasteiger partial charge in [-0.05, 0) is 51.5 Å². The van der Waals surface area contributed by atoms with Gasteiger partial charge in [-0.25, -0.2) is 0 Å². The zero-order chi connectivity index (χ0) is 33.1. The second-order valence-electron chi connectivity index (χ2n) is 10.9. The summed E-state index contributed by atoms with van der Waals surface area (Å²) in [5.41, 5.74) is 7.13. The van der Waals surface area contributed by atoms with E-state index in [-0.39, 0.29) is 25.9 Å². The average molecular weight is 827 g/mol. The maximum Gasteiger partial charge on any atom is 0.381 e. The monoisotopic (exact) mass is 827 g/mol. The molecule has 0 N–H and O–H groups in total. The summed E-state index contributed by atoms with van der Waals surface area (Å²) in [4.78, 5) is 4.53. The molecule has 6 nitrogen and oxygen atoms in total. The van der Waals surface area contributed by atoms with Crippen molar-refractivity contribution in [3.63, 3.8) is 0 Å². The van der Waals surface area contributed by atoms with E-state index in [1.807, 2.05) is 60.8 Å². The van der Waals surface area contributed by atoms with Crippen molar-refractivity contribution in [2.24, 2.45) is 7.05 Å². The number of rotatable bonds is 4. The van der Waals surface area contributed by atoms with Crippen LogP contribution in [0, 0.1) is 12.1 Å². The largest absolute Gasteiger partial charge is 0.383 e. The number of fused-ring (bicyclic) bond motifs is 3. The zero-order valence-electron chi connectivity index (χ0n) is 25.9. The number of benzene rings is 5. The second kappa shape index (κ2) is 14.3. The van der Waals surface area contributed by atoms with E-state index in [0.717, 1.165) is 29.0 Å². The smallest absolute Gasteiger partial charge is 0.381 e. The number of alkyl halides is 3. The van der Waals surface area contributed by atoms with Crippen molar-refractivity contribution in [3.05, 3.63) is 151 Å². The number of halogens is 3. The summed E-state index contributed by atoms with van der Waals surface area (Å²) in [6.45, 7) is 0. The summed E-state index contributed by atoms with van der Waals surface area (Å²) in [5, 5.41) is 18.1. The molecule has 1 radical (unpaired) electrons. The van der Waals surface area contributed by atoms with Crippen LogP contribution in [0.15, 0.2) is 134 Å². The van der Waals surface area contributed by atoms with Gasteiger partial charge in [0.1, 0.15) is 5.82 Å². The van der Waals surface area contributed by atoms with Gasteiger partial charge in [0, 0.05) is 44.4 Å². The zero-order valence-corrected chi connectivity index (χ0v) is 28.2. The van der Waals surface area contributed by atoms with Crippen LogP contribution in [-0.4, -0.2) is 29.9 Å². The van der Waals surface area contributed by atoms with Gasteiger partial charge in [-0.3, -0.25) is 0 Å². The first-order valence-corrected chi connectivity index (χ1v) is 15.0. The minimum absolute atomic E-state index is 0. The Balaban J connectivity index is 0.000000169. The Labute approximate surface area is 293 Å². The molecular formula is C39H25F3IrN6-2. The molecule has 0 saturated heterocycles. The van der Waals surface area contributed by atoms with Crippen molar-refractivity contribution in [1.82, 2.24) is 29.9 Å². The Bertz CT molecular complexity index is 2310. The van der Waals surface area contributed by atoms with Gasteiger partial charge < -0.3 is 9.55 Å². The van der Waals surface area contributed by atoms with Crippen LogP contribution in [-0.2, 0) is 33.3 Å². The van der Waals surface area contributed by atoms with E-state index in [1.54, 1.807) is 0 Å². The number of hydrogen-bond acceptors (Lipinski definition) is 5. The molecule has 3 heterocycles. The van der Waals surface area contributed by atoms with E-state index < -0.39 is 11.7 Å². The van der Waals surface area contributed by atoms with Crippen LogP contribution in [0.2, 0.25) is 0 Å². The SMILES string of the molecule is Cn1c2ccc(-c3ccccc3)cc2c2cc[c-]c(-c3ccccn3)c21.FC(F)(F)c1c[c-]c(-c2nnc(-c3ccccc3)nn2)cc1.[Ir]. The van der Waals surface area contributed by atoms with Crippen LogP contribution in [0.25, 0.3) is 67.0 Å². The molecule has 8 rings (SSSR count). The van der Waals surface area contributed by atoms with Crippen molar-refractivity contribution in [1.29, 1.82) is 0 Å². The molecule has 0 saturated carbocycles. The number of aromatic nitrogens is 6. The predicted molar refractivity (Wildman–Crippen MR) is 180 cm³/mol. The first kappa shape index (κ1) is 33.3. The molecule has 49 heavy (non-hydrogen) atoms. The molecule has 0 fully saturated rings. The average Bonchev–Trinajstić information content (AvgIpc) is 3.43. The van der Waals surface area contributed by atoms with Gasteiger partial charge in [0.15, 0.2) is 0 Å². The quantitative estimate of drug-likeness (QED) is 0.166. The third-order valence-electron chi connectivity index (χ3n) is 7.87. The Hall–Kier alpha value is -5.57. The van der Waals surface area contributed by atoms with Gasteiger partial charge in [0.2, 0.25) is 5.82 Å². The van der Waals surface area contributed by atoms with Gasteiger partial charge in [0.05, 0.1) is 0 Å². The van der Waals surface area contributed by atoms with Gasteiger partial charge in [-0.15, -0.1) is 63.8 Å². The third-order valence-corrected chi connectivity index (χ3v) is 7.87. The molecule has 0 aliphatic carbocycles. The van der Waals surface area contributed by atoms with Crippen LogP contribution in [0.1, 0.15) is 5.56 Å². The Morgan fingerprint density at radius 3 is 1.94 bits per heavy atom. The molecule has 0 aliphatic heterocycles. The Morgan fingerprint density at radius 2 is 1.31 bits per heavy atom. The molecule has 3 aromatic heterocycles. The van der Waals surface area contributed by atoms with Crippen LogP contribution in [0.3, 0.4) is 0 Å². The van der Waals surface area contributed by atoms with Gasteiger partial charge in [0.25, 0.3) is 0 Å². The Morgan fingerprint density at radius 1 is 0.633 bits per heavy atom. The standard InChI is InChI=1S/C24H17N2.C15H8F3N4.Ir/c1-26-23-14-13-18(17-8-3-2-4-9-17)16-21(23)19-10-7-11-20(24(19)26)22-12-5-6-15-25-22;16-15(17,18)12-8-6-11(7-9-12)14-21-19-13(20-22-14)10-4-2-1-3-5-10;/h2-10,12-16H,1H3;1-6,8-9H;/q2*-1;. The molecule has 243 valence electrons. The Kier molecular flexibility index (Phi) is 9.71. The van der Waals surface area contributed by atoms with E-state index >= 15 is 0 Å². The molecule has 0 atom stereocenters. The molecule has 0 spiro atoms. The van der Waals surface area contributed by atoms with E-state index in [1.165, 1.54) is 39.0 Å². The number of pyridine rings is 1. The third kappa shape index (κ3) is 7.02. The second-order valence-corrected chi connectivity index (χ2v) is 10.9. The molecule has 0 unspecified atom stereocenters. The topological polar surface area (TPSA) is 69.4 Å². The van der Waals surface area contributed by atoms with Crippen molar-refractivity contribution in [2.75, 3.05) is 0 Å². The number of hydrogen-bond donors (Lipinski definition) is 0. The van der Waals surface area contributed by atoms with Crippen LogP contribution < -0.4 is 0 Å². The maximum absolute atomic E-state index is 12.5. The van der Waals surface area contributed by atoms with Gasteiger partial charge in [-0.1, -0.05) is 84.2 Å². The van der Waals surface area contributed by atoms with E-state index in [0.29, 0.717) is 11.4 Å². The van der Waals surface area contributed by atoms with Crippen LogP contribution in [0.4, 0.5) is 13.2 Å². The summed E-state index contributed by atoms with van der Waals surface area (Å²) in [5.74, 6) is 0.463. The molecule has 8 aromatic rings. The summed E-state index contributed by atoms with van der Waals surface area (Å²) in [6.07, 6.45) is -2.57. The van der Waals surface area contributed by atoms with Crippen molar-refractivity contribution in [3.8, 4) is 45.2 Å². The summed E-state index contributed by atoms with van der Waals surface area (Å²) >= 11 is 0. The van der Waals surface area contributed by atoms with E-state index in [4.69, 9.17) is 0 Å². The summed E-state index contributed by atoms with van der Waals surface area (Å²) in [6, 6.07) is 45.4. The molecule has 0 bridgehead atoms. The van der Waals surface area contributed by atoms with Gasteiger partial charge >= 0.3 is 6.18 Å². The van der Waals surface area contributed by atoms with Gasteiger partial charge in [-0.2, -0.15) is 23.4 Å². The fourth-order valence-electron chi connectivity index (χ4n) is 5.52. The molecule has 0 aliphatic rings.